The van der Waals surface area contributed by atoms with Crippen LogP contribution in [0.1, 0.15) is 23.2 Å². The molecule has 1 fully saturated rings. The lowest BCUT2D eigenvalue weighted by atomic mass is 10.0. The predicted octanol–water partition coefficient (Wildman–Crippen LogP) is 1.43. The Morgan fingerprint density at radius 3 is 2.50 bits per heavy atom. The van der Waals surface area contributed by atoms with Crippen molar-refractivity contribution in [3.05, 3.63) is 23.9 Å². The Bertz CT molecular complexity index is 569. The number of alkyl halides is 3. The van der Waals surface area contributed by atoms with Crippen LogP contribution in [-0.4, -0.2) is 47.3 Å². The number of aromatic nitrogens is 1. The number of pyridine rings is 1. The fraction of sp³-hybridized carbons (Fsp3) is 0.462. The van der Waals surface area contributed by atoms with Crippen molar-refractivity contribution in [3.63, 3.8) is 0 Å². The molecular weight excluding hydrogens is 303 g/mol. The minimum atomic E-state index is -4.88. The summed E-state index contributed by atoms with van der Waals surface area (Å²) in [7, 11) is 0. The lowest BCUT2D eigenvalue weighted by Crippen LogP contribution is -2.48. The van der Waals surface area contributed by atoms with Gasteiger partial charge < -0.3 is 15.3 Å². The second-order valence-electron chi connectivity index (χ2n) is 4.94. The number of carboxylic acid groups (broad SMARTS) is 1. The molecular formula is C13H14F3N3O3. The van der Waals surface area contributed by atoms with Crippen LogP contribution in [0.15, 0.2) is 18.3 Å². The Hall–Kier alpha value is -2.32. The topological polar surface area (TPSA) is 82.5 Å². The second kappa shape index (κ2) is 6.20. The molecule has 0 aromatic carbocycles. The van der Waals surface area contributed by atoms with Crippen molar-refractivity contribution in [1.82, 2.24) is 10.3 Å². The summed E-state index contributed by atoms with van der Waals surface area (Å²) in [5.74, 6) is -2.55. The number of halogens is 3. The number of hydrogen-bond acceptors (Lipinski definition) is 4. The monoisotopic (exact) mass is 317 g/mol. The molecule has 0 atom stereocenters. The van der Waals surface area contributed by atoms with Crippen LogP contribution in [-0.2, 0) is 4.79 Å². The number of nitrogens with zero attached hydrogens (tertiary/aromatic N) is 2. The Labute approximate surface area is 123 Å². The molecule has 1 amide bonds. The lowest BCUT2D eigenvalue weighted by Gasteiger charge is -2.33. The van der Waals surface area contributed by atoms with E-state index in [0.29, 0.717) is 31.7 Å². The summed E-state index contributed by atoms with van der Waals surface area (Å²) in [5.41, 5.74) is 0.0949. The van der Waals surface area contributed by atoms with E-state index in [-0.39, 0.29) is 5.56 Å². The van der Waals surface area contributed by atoms with Gasteiger partial charge in [-0.25, -0.2) is 9.78 Å². The third-order valence-corrected chi connectivity index (χ3v) is 3.40. The summed E-state index contributed by atoms with van der Waals surface area (Å²) in [6, 6.07) is 2.23. The van der Waals surface area contributed by atoms with Gasteiger partial charge in [0.2, 0.25) is 0 Å². The maximum absolute atomic E-state index is 12.2. The number of carbonyl (C=O) groups excluding carboxylic acids is 1. The summed E-state index contributed by atoms with van der Waals surface area (Å²) in [6.45, 7) is 0.776. The fourth-order valence-electron chi connectivity index (χ4n) is 2.24. The highest BCUT2D eigenvalue weighted by atomic mass is 19.4. The maximum Gasteiger partial charge on any atom is 0.471 e. The predicted molar refractivity (Wildman–Crippen MR) is 70.6 cm³/mol. The van der Waals surface area contributed by atoms with Crippen molar-refractivity contribution in [2.75, 3.05) is 18.0 Å². The molecule has 0 bridgehead atoms. The molecule has 0 unspecified atom stereocenters. The molecule has 0 radical (unpaired) electrons. The van der Waals surface area contributed by atoms with E-state index < -0.39 is 24.1 Å². The van der Waals surface area contributed by atoms with Crippen LogP contribution < -0.4 is 10.2 Å². The molecule has 2 rings (SSSR count). The number of carbonyl (C=O) groups is 2. The lowest BCUT2D eigenvalue weighted by molar-refractivity contribution is -0.174. The van der Waals surface area contributed by atoms with Crippen molar-refractivity contribution < 1.29 is 27.9 Å². The van der Waals surface area contributed by atoms with Crippen LogP contribution in [0.2, 0.25) is 0 Å². The molecule has 0 saturated carbocycles. The van der Waals surface area contributed by atoms with E-state index in [9.17, 15) is 22.8 Å². The standard InChI is InChI=1S/C13H14F3N3O3/c14-13(15,16)12(22)18-9-2-5-19(6-3-9)10-7-8(11(20)21)1-4-17-10/h1,4,7,9H,2-3,5-6H2,(H,18,22)(H,20,21). The number of piperidine rings is 1. The first-order valence-electron chi connectivity index (χ1n) is 6.59. The number of nitrogens with one attached hydrogen (secondary N) is 1. The van der Waals surface area contributed by atoms with E-state index in [0.717, 1.165) is 0 Å². The van der Waals surface area contributed by atoms with Gasteiger partial charge in [0.15, 0.2) is 0 Å². The van der Waals surface area contributed by atoms with Gasteiger partial charge in [-0.15, -0.1) is 0 Å². The smallest absolute Gasteiger partial charge is 0.471 e. The molecule has 0 spiro atoms. The SMILES string of the molecule is O=C(O)c1ccnc(N2CCC(NC(=O)C(F)(F)F)CC2)c1. The Balaban J connectivity index is 1.94. The number of aromatic carboxylic acids is 1. The van der Waals surface area contributed by atoms with Crippen molar-refractivity contribution in [2.45, 2.75) is 25.1 Å². The Morgan fingerprint density at radius 1 is 1.32 bits per heavy atom. The van der Waals surface area contributed by atoms with Gasteiger partial charge in [0.1, 0.15) is 5.82 Å². The van der Waals surface area contributed by atoms with Crippen molar-refractivity contribution in [1.29, 1.82) is 0 Å². The van der Waals surface area contributed by atoms with Gasteiger partial charge in [0, 0.05) is 25.3 Å². The minimum absolute atomic E-state index is 0.0949. The van der Waals surface area contributed by atoms with Crippen molar-refractivity contribution >= 4 is 17.7 Å². The van der Waals surface area contributed by atoms with Crippen molar-refractivity contribution in [2.24, 2.45) is 0 Å². The highest BCUT2D eigenvalue weighted by molar-refractivity contribution is 5.88. The summed E-state index contributed by atoms with van der Waals surface area (Å²) >= 11 is 0. The summed E-state index contributed by atoms with van der Waals surface area (Å²) in [5, 5.41) is 10.9. The highest BCUT2D eigenvalue weighted by Crippen LogP contribution is 2.20. The van der Waals surface area contributed by atoms with Crippen LogP contribution in [0.3, 0.4) is 0 Å². The Kier molecular flexibility index (Phi) is 4.53. The van der Waals surface area contributed by atoms with Crippen LogP contribution in [0.4, 0.5) is 19.0 Å². The molecule has 1 aliphatic rings. The van der Waals surface area contributed by atoms with Gasteiger partial charge in [-0.1, -0.05) is 0 Å². The molecule has 1 aromatic heterocycles. The third kappa shape index (κ3) is 3.86. The molecule has 22 heavy (non-hydrogen) atoms. The van der Waals surface area contributed by atoms with Gasteiger partial charge in [0.25, 0.3) is 0 Å². The van der Waals surface area contributed by atoms with E-state index in [1.54, 1.807) is 4.90 Å². The van der Waals surface area contributed by atoms with E-state index >= 15 is 0 Å². The fourth-order valence-corrected chi connectivity index (χ4v) is 2.24. The van der Waals surface area contributed by atoms with E-state index in [1.165, 1.54) is 18.3 Å². The first kappa shape index (κ1) is 16.1. The zero-order valence-corrected chi connectivity index (χ0v) is 11.4. The molecule has 120 valence electrons. The summed E-state index contributed by atoms with van der Waals surface area (Å²) in [4.78, 5) is 27.6. The minimum Gasteiger partial charge on any atom is -0.478 e. The molecule has 1 aromatic rings. The quantitative estimate of drug-likeness (QED) is 0.881. The average molecular weight is 317 g/mol. The maximum atomic E-state index is 12.2. The van der Waals surface area contributed by atoms with Crippen LogP contribution in [0, 0.1) is 0 Å². The summed E-state index contributed by atoms with van der Waals surface area (Å²) in [6.07, 6.45) is -2.84. The van der Waals surface area contributed by atoms with Gasteiger partial charge in [0.05, 0.1) is 5.56 Å². The average Bonchev–Trinajstić information content (AvgIpc) is 2.47. The van der Waals surface area contributed by atoms with E-state index in [1.807, 2.05) is 5.32 Å². The molecule has 2 heterocycles. The van der Waals surface area contributed by atoms with Crippen LogP contribution >= 0.6 is 0 Å². The van der Waals surface area contributed by atoms with Crippen molar-refractivity contribution in [3.8, 4) is 0 Å². The molecule has 1 aliphatic heterocycles. The molecule has 6 nitrogen and oxygen atoms in total. The molecule has 2 N–H and O–H groups in total. The number of carboxylic acids is 1. The second-order valence-corrected chi connectivity index (χ2v) is 4.94. The highest BCUT2D eigenvalue weighted by Gasteiger charge is 2.40. The number of rotatable bonds is 3. The van der Waals surface area contributed by atoms with Gasteiger partial charge in [-0.2, -0.15) is 13.2 Å². The van der Waals surface area contributed by atoms with E-state index in [4.69, 9.17) is 5.11 Å². The normalized spacial score (nSPS) is 16.4. The van der Waals surface area contributed by atoms with Crippen LogP contribution in [0.5, 0.6) is 0 Å². The largest absolute Gasteiger partial charge is 0.478 e. The molecule has 1 saturated heterocycles. The first-order valence-corrected chi connectivity index (χ1v) is 6.59. The van der Waals surface area contributed by atoms with Gasteiger partial charge >= 0.3 is 18.1 Å². The molecule has 0 aliphatic carbocycles. The van der Waals surface area contributed by atoms with Gasteiger partial charge in [-0.3, -0.25) is 4.79 Å². The first-order chi connectivity index (χ1) is 10.3. The number of anilines is 1. The van der Waals surface area contributed by atoms with Gasteiger partial charge in [-0.05, 0) is 25.0 Å². The molecule has 9 heteroatoms. The number of amides is 1. The number of hydrogen-bond donors (Lipinski definition) is 2. The summed E-state index contributed by atoms with van der Waals surface area (Å²) < 4.78 is 36.5. The zero-order valence-electron chi connectivity index (χ0n) is 11.4. The van der Waals surface area contributed by atoms with E-state index in [2.05, 4.69) is 4.98 Å². The Morgan fingerprint density at radius 2 is 1.95 bits per heavy atom. The third-order valence-electron chi connectivity index (χ3n) is 3.40. The van der Waals surface area contributed by atoms with Crippen LogP contribution in [0.25, 0.3) is 0 Å². The zero-order chi connectivity index (χ0) is 16.3.